The van der Waals surface area contributed by atoms with Gasteiger partial charge in [0.05, 0.1) is 6.04 Å². The highest BCUT2D eigenvalue weighted by atomic mass is 32.1. The molecule has 5 rings (SSSR count). The molecule has 2 aromatic rings. The van der Waals surface area contributed by atoms with Crippen LogP contribution in [-0.4, -0.2) is 187 Å². The number of carbonyl (C=O) groups is 10. The lowest BCUT2D eigenvalue weighted by Gasteiger charge is -2.33. The summed E-state index contributed by atoms with van der Waals surface area (Å²) in [5.41, 5.74) is 13.1. The first-order valence-corrected chi connectivity index (χ1v) is 28.4. The van der Waals surface area contributed by atoms with Crippen LogP contribution in [0.15, 0.2) is 48.5 Å². The second-order valence-electron chi connectivity index (χ2n) is 21.5. The highest BCUT2D eigenvalue weighted by molar-refractivity contribution is 7.80. The maximum absolute atomic E-state index is 14.7. The van der Waals surface area contributed by atoms with Crippen LogP contribution in [0.3, 0.4) is 0 Å². The molecule has 0 radical (unpaired) electrons. The zero-order valence-electron chi connectivity index (χ0n) is 45.7. The van der Waals surface area contributed by atoms with E-state index in [9.17, 15) is 63.3 Å². The van der Waals surface area contributed by atoms with Gasteiger partial charge in [0.25, 0.3) is 0 Å². The van der Waals surface area contributed by atoms with Crippen LogP contribution in [0.5, 0.6) is 11.5 Å². The van der Waals surface area contributed by atoms with Crippen molar-refractivity contribution in [1.29, 1.82) is 0 Å². The molecule has 13 N–H and O–H groups in total. The lowest BCUT2D eigenvalue weighted by atomic mass is 10.00. The third kappa shape index (κ3) is 17.7. The van der Waals surface area contributed by atoms with Gasteiger partial charge in [0.15, 0.2) is 0 Å². The van der Waals surface area contributed by atoms with Gasteiger partial charge in [-0.15, -0.1) is 0 Å². The third-order valence-corrected chi connectivity index (χ3v) is 15.1. The van der Waals surface area contributed by atoms with E-state index in [2.05, 4.69) is 57.2 Å². The summed E-state index contributed by atoms with van der Waals surface area (Å²) in [5.74, 6) is -7.92. The summed E-state index contributed by atoms with van der Waals surface area (Å²) in [7, 11) is 0. The summed E-state index contributed by atoms with van der Waals surface area (Å²) in [5, 5.41) is 45.4. The molecule has 0 bridgehead atoms. The number of rotatable bonds is 27. The van der Waals surface area contributed by atoms with E-state index < -0.39 is 126 Å². The van der Waals surface area contributed by atoms with Gasteiger partial charge in [-0.2, -0.15) is 25.3 Å². The molecule has 10 atom stereocenters. The number of carboxylic acids is 1. The van der Waals surface area contributed by atoms with Gasteiger partial charge in [-0.3, -0.25) is 43.2 Å². The predicted octanol–water partition coefficient (Wildman–Crippen LogP) is -0.913. The lowest BCUT2D eigenvalue weighted by Crippen LogP contribution is -2.61. The number of nitrogens with one attached hydrogen (secondary N) is 6. The van der Waals surface area contributed by atoms with Crippen molar-refractivity contribution in [2.75, 3.05) is 37.7 Å². The van der Waals surface area contributed by atoms with Crippen LogP contribution in [-0.2, 0) is 60.8 Å². The smallest absolute Gasteiger partial charge is 0.327 e. The van der Waals surface area contributed by atoms with E-state index in [1.807, 2.05) is 13.8 Å². The molecule has 0 unspecified atom stereocenters. The number of thiol groups is 2. The van der Waals surface area contributed by atoms with Gasteiger partial charge < -0.3 is 73.4 Å². The zero-order chi connectivity index (χ0) is 59.0. The Morgan fingerprint density at radius 2 is 0.912 bits per heavy atom. The summed E-state index contributed by atoms with van der Waals surface area (Å²) in [6, 6.07) is 0.0208. The highest BCUT2D eigenvalue weighted by Crippen LogP contribution is 2.27. The highest BCUT2D eigenvalue weighted by Gasteiger charge is 2.45. The van der Waals surface area contributed by atoms with Crippen molar-refractivity contribution in [2.45, 2.75) is 152 Å². The molecule has 3 aliphatic heterocycles. The lowest BCUT2D eigenvalue weighted by molar-refractivity contribution is -0.147. The minimum atomic E-state index is -1.45. The molecule has 3 fully saturated rings. The molecule has 3 aliphatic rings. The average molecular weight is 1150 g/mol. The Morgan fingerprint density at radius 1 is 0.525 bits per heavy atom. The Balaban J connectivity index is 1.32. The van der Waals surface area contributed by atoms with Gasteiger partial charge in [0.1, 0.15) is 65.9 Å². The maximum atomic E-state index is 14.7. The van der Waals surface area contributed by atoms with Crippen LogP contribution >= 0.6 is 25.3 Å². The number of amides is 9. The van der Waals surface area contributed by atoms with Crippen molar-refractivity contribution in [3.05, 3.63) is 59.7 Å². The van der Waals surface area contributed by atoms with Crippen molar-refractivity contribution in [3.63, 3.8) is 0 Å². The van der Waals surface area contributed by atoms with E-state index in [-0.39, 0.29) is 86.5 Å². The molecule has 440 valence electrons. The number of nitrogens with two attached hydrogens (primary N) is 2. The average Bonchev–Trinajstić information content (AvgIpc) is 4.24. The fourth-order valence-corrected chi connectivity index (χ4v) is 10.6. The van der Waals surface area contributed by atoms with Gasteiger partial charge >= 0.3 is 5.97 Å². The molecule has 80 heavy (non-hydrogen) atoms. The van der Waals surface area contributed by atoms with Crippen LogP contribution in [0.2, 0.25) is 0 Å². The summed E-state index contributed by atoms with van der Waals surface area (Å²) in [6.45, 7) is 7.47. The molecule has 3 saturated heterocycles. The molecular weight excluding hydrogens is 1070 g/mol. The summed E-state index contributed by atoms with van der Waals surface area (Å²) >= 11 is 8.16. The zero-order valence-corrected chi connectivity index (χ0v) is 47.5. The van der Waals surface area contributed by atoms with Crippen molar-refractivity contribution in [2.24, 2.45) is 23.3 Å². The molecule has 26 heteroatoms. The first-order chi connectivity index (χ1) is 38.0. The van der Waals surface area contributed by atoms with Gasteiger partial charge in [-0.05, 0) is 98.6 Å². The van der Waals surface area contributed by atoms with Crippen LogP contribution in [0.4, 0.5) is 0 Å². The number of nitrogens with zero attached hydrogens (tertiary/aromatic N) is 3. The standard InChI is InChI=1S/C54H79N11O13S2/c1-29(2)22-36(45(68)62-41(28-80)54(77)78)57-46(69)37(24-31-11-15-33(66)16-12-31)58-48(71)40(26-55)61-50(73)42-8-5-19-63(42)52(75)39(23-30(3)4)60-47(70)38(25-32-13-17-34(67)18-14-32)59-49(72)43-9-6-20-64(43)53(76)44-10-7-21-65(44)51(74)35(56)27-79/h11-18,29-30,35-44,66-67,79-80H,5-10,19-28,55-56H2,1-4H3,(H,57,69)(H,58,71)(H,59,72)(H,60,70)(H,61,73)(H,62,68)(H,77,78)/t35-,36-,37-,38-,39-,40-,41-,42-,43-,44-/m0/s1. The normalized spacial score (nSPS) is 19.7. The third-order valence-electron chi connectivity index (χ3n) is 14.4. The quantitative estimate of drug-likeness (QED) is 0.0482. The van der Waals surface area contributed by atoms with Gasteiger partial charge in [-0.1, -0.05) is 52.0 Å². The molecule has 3 heterocycles. The van der Waals surface area contributed by atoms with Gasteiger partial charge in [0, 0.05) is 50.5 Å². The number of aliphatic carboxylic acids is 1. The predicted molar refractivity (Wildman–Crippen MR) is 301 cm³/mol. The molecule has 0 aromatic heterocycles. The van der Waals surface area contributed by atoms with Crippen molar-refractivity contribution >= 4 is 84.4 Å². The van der Waals surface area contributed by atoms with E-state index in [0.717, 1.165) is 0 Å². The van der Waals surface area contributed by atoms with Gasteiger partial charge in [0.2, 0.25) is 53.2 Å². The van der Waals surface area contributed by atoms with E-state index >= 15 is 0 Å². The molecule has 2 aromatic carbocycles. The topological polar surface area (TPSA) is 365 Å². The molecule has 24 nitrogen and oxygen atoms in total. The van der Waals surface area contributed by atoms with Crippen LogP contribution in [0.1, 0.15) is 90.2 Å². The first kappa shape index (κ1) is 64.2. The number of phenols is 2. The minimum Gasteiger partial charge on any atom is -0.508 e. The van der Waals surface area contributed by atoms with Crippen LogP contribution < -0.4 is 43.4 Å². The molecule has 9 amide bonds. The van der Waals surface area contributed by atoms with Crippen molar-refractivity contribution < 1.29 is 63.3 Å². The fraction of sp³-hybridized carbons (Fsp3) is 0.593. The van der Waals surface area contributed by atoms with Crippen LogP contribution in [0.25, 0.3) is 0 Å². The molecule has 0 aliphatic carbocycles. The van der Waals surface area contributed by atoms with E-state index in [4.69, 9.17) is 11.5 Å². The Hall–Kier alpha value is -6.64. The van der Waals surface area contributed by atoms with E-state index in [0.29, 0.717) is 43.4 Å². The molecule has 0 spiro atoms. The second-order valence-corrected chi connectivity index (χ2v) is 22.2. The van der Waals surface area contributed by atoms with E-state index in [1.54, 1.807) is 26.0 Å². The number of phenolic OH excluding ortho intramolecular Hbond substituents is 2. The number of likely N-dealkylation sites (tertiary alicyclic amines) is 3. The SMILES string of the molecule is CC(C)C[C@H](NC(=O)[C@H](Cc1ccc(O)cc1)NC(=O)[C@H](CN)NC(=O)[C@@H]1CCCN1C(=O)[C@H](CC(C)C)NC(=O)[C@H](Cc1ccc(O)cc1)NC(=O)[C@@H]1CCCN1C(=O)[C@@H]1CCCN1C(=O)[C@@H](N)CS)C(=O)N[C@@H](CS)C(=O)O. The van der Waals surface area contributed by atoms with Crippen molar-refractivity contribution in [1.82, 2.24) is 46.6 Å². The number of hydrogen-bond acceptors (Lipinski definition) is 16. The minimum absolute atomic E-state index is 0.0330. The van der Waals surface area contributed by atoms with Crippen LogP contribution in [0, 0.1) is 11.8 Å². The Labute approximate surface area is 476 Å². The number of benzene rings is 2. The van der Waals surface area contributed by atoms with Gasteiger partial charge in [-0.25, -0.2) is 4.79 Å². The Morgan fingerprint density at radius 3 is 1.39 bits per heavy atom. The summed E-state index contributed by atoms with van der Waals surface area (Å²) in [6.07, 6.45) is 2.23. The fourth-order valence-electron chi connectivity index (χ4n) is 10.2. The monoisotopic (exact) mass is 1150 g/mol. The first-order valence-electron chi connectivity index (χ1n) is 27.2. The molecule has 0 saturated carbocycles. The van der Waals surface area contributed by atoms with E-state index in [1.165, 1.54) is 51.1 Å². The number of carboxylic acid groups (broad SMARTS) is 1. The second kappa shape index (κ2) is 30.3. The number of aromatic hydroxyl groups is 2. The largest absolute Gasteiger partial charge is 0.508 e. The Bertz CT molecular complexity index is 2520. The molecular formula is C54H79N11O13S2. The maximum Gasteiger partial charge on any atom is 0.327 e. The van der Waals surface area contributed by atoms with Crippen molar-refractivity contribution in [3.8, 4) is 11.5 Å². The summed E-state index contributed by atoms with van der Waals surface area (Å²) in [4.78, 5) is 142. The summed E-state index contributed by atoms with van der Waals surface area (Å²) < 4.78 is 0. The number of hydrogen-bond donors (Lipinski definition) is 13. The Kier molecular flexibility index (Phi) is 24.3. The number of carbonyl (C=O) groups excluding carboxylic acids is 9.